The highest BCUT2D eigenvalue weighted by Gasteiger charge is 2.36. The molecule has 0 bridgehead atoms. The van der Waals surface area contributed by atoms with Crippen molar-refractivity contribution in [2.24, 2.45) is 0 Å². The number of hydrogen-bond acceptors (Lipinski definition) is 4. The van der Waals surface area contributed by atoms with E-state index in [1.807, 2.05) is 17.0 Å². The molecule has 0 saturated carbocycles. The van der Waals surface area contributed by atoms with Crippen molar-refractivity contribution in [3.63, 3.8) is 0 Å². The molecule has 3 aliphatic heterocycles. The van der Waals surface area contributed by atoms with Gasteiger partial charge in [-0.25, -0.2) is 0 Å². The molecule has 0 spiro atoms. The predicted molar refractivity (Wildman–Crippen MR) is 80.1 cm³/mol. The number of likely N-dealkylation sites (tertiary alicyclic amines) is 1. The summed E-state index contributed by atoms with van der Waals surface area (Å²) in [5, 5.41) is 0. The number of hydrogen-bond donors (Lipinski definition) is 0. The van der Waals surface area contributed by atoms with Crippen molar-refractivity contribution in [2.45, 2.75) is 37.8 Å². The van der Waals surface area contributed by atoms with Gasteiger partial charge in [-0.3, -0.25) is 4.79 Å². The van der Waals surface area contributed by atoms with E-state index in [1.54, 1.807) is 0 Å². The normalized spacial score (nSPS) is 27.2. The van der Waals surface area contributed by atoms with Gasteiger partial charge in [0.25, 0.3) is 5.91 Å². The van der Waals surface area contributed by atoms with Gasteiger partial charge < -0.3 is 19.1 Å². The van der Waals surface area contributed by atoms with Gasteiger partial charge in [-0.05, 0) is 43.4 Å². The van der Waals surface area contributed by atoms with Crippen molar-refractivity contribution in [3.05, 3.63) is 23.8 Å². The first-order chi connectivity index (χ1) is 10.8. The SMILES string of the molecule is O=C(C1CCCO1)N1CCCC1c1ccc2c(c1)OCCO2. The highest BCUT2D eigenvalue weighted by Crippen LogP contribution is 2.38. The summed E-state index contributed by atoms with van der Waals surface area (Å²) < 4.78 is 16.8. The van der Waals surface area contributed by atoms with E-state index < -0.39 is 0 Å². The molecule has 5 heteroatoms. The summed E-state index contributed by atoms with van der Waals surface area (Å²) in [5.74, 6) is 1.74. The zero-order valence-electron chi connectivity index (χ0n) is 12.6. The van der Waals surface area contributed by atoms with Crippen LogP contribution in [-0.2, 0) is 9.53 Å². The molecule has 2 atom stereocenters. The lowest BCUT2D eigenvalue weighted by atomic mass is 10.0. The molecule has 118 valence electrons. The lowest BCUT2D eigenvalue weighted by Crippen LogP contribution is -2.38. The van der Waals surface area contributed by atoms with E-state index in [0.717, 1.165) is 49.3 Å². The monoisotopic (exact) mass is 303 g/mol. The Kier molecular flexibility index (Phi) is 3.66. The number of rotatable bonds is 2. The highest BCUT2D eigenvalue weighted by atomic mass is 16.6. The van der Waals surface area contributed by atoms with Crippen LogP contribution in [0.5, 0.6) is 11.5 Å². The zero-order chi connectivity index (χ0) is 14.9. The van der Waals surface area contributed by atoms with E-state index in [2.05, 4.69) is 6.07 Å². The van der Waals surface area contributed by atoms with Crippen LogP contribution in [0.3, 0.4) is 0 Å². The van der Waals surface area contributed by atoms with Crippen LogP contribution >= 0.6 is 0 Å². The fraction of sp³-hybridized carbons (Fsp3) is 0.588. The molecule has 2 fully saturated rings. The molecular formula is C17H21NO4. The van der Waals surface area contributed by atoms with Crippen molar-refractivity contribution in [1.82, 2.24) is 4.90 Å². The molecule has 1 aromatic carbocycles. The maximum absolute atomic E-state index is 12.7. The summed E-state index contributed by atoms with van der Waals surface area (Å²) in [6.45, 7) is 2.70. The fourth-order valence-electron chi connectivity index (χ4n) is 3.60. The largest absolute Gasteiger partial charge is 0.486 e. The van der Waals surface area contributed by atoms with Gasteiger partial charge in [-0.2, -0.15) is 0 Å². The van der Waals surface area contributed by atoms with Crippen LogP contribution in [0.15, 0.2) is 18.2 Å². The van der Waals surface area contributed by atoms with E-state index in [9.17, 15) is 4.79 Å². The summed E-state index contributed by atoms with van der Waals surface area (Å²) in [6, 6.07) is 6.17. The third-order valence-corrected chi connectivity index (χ3v) is 4.69. The average molecular weight is 303 g/mol. The lowest BCUT2D eigenvalue weighted by molar-refractivity contribution is -0.141. The van der Waals surface area contributed by atoms with Crippen LogP contribution in [-0.4, -0.2) is 43.3 Å². The quantitative estimate of drug-likeness (QED) is 0.841. The lowest BCUT2D eigenvalue weighted by Gasteiger charge is -2.28. The first-order valence-electron chi connectivity index (χ1n) is 8.14. The number of ether oxygens (including phenoxy) is 3. The average Bonchev–Trinajstić information content (AvgIpc) is 3.25. The van der Waals surface area contributed by atoms with Crippen molar-refractivity contribution >= 4 is 5.91 Å². The number of nitrogens with zero attached hydrogens (tertiary/aromatic N) is 1. The summed E-state index contributed by atoms with van der Waals surface area (Å²) >= 11 is 0. The summed E-state index contributed by atoms with van der Waals surface area (Å²) in [7, 11) is 0. The van der Waals surface area contributed by atoms with Crippen LogP contribution in [0.25, 0.3) is 0 Å². The second-order valence-electron chi connectivity index (χ2n) is 6.09. The van der Waals surface area contributed by atoms with Crippen LogP contribution in [0, 0.1) is 0 Å². The molecule has 3 heterocycles. The molecule has 0 radical (unpaired) electrons. The molecule has 2 saturated heterocycles. The van der Waals surface area contributed by atoms with Crippen molar-refractivity contribution in [1.29, 1.82) is 0 Å². The molecule has 1 aromatic rings. The minimum atomic E-state index is -0.238. The number of carbonyl (C=O) groups excluding carboxylic acids is 1. The minimum absolute atomic E-state index is 0.132. The molecule has 5 nitrogen and oxygen atoms in total. The van der Waals surface area contributed by atoms with E-state index in [-0.39, 0.29) is 18.1 Å². The van der Waals surface area contributed by atoms with Crippen LogP contribution in [0.1, 0.15) is 37.3 Å². The van der Waals surface area contributed by atoms with Gasteiger partial charge in [0.2, 0.25) is 0 Å². The molecule has 2 unspecified atom stereocenters. The van der Waals surface area contributed by atoms with Crippen molar-refractivity contribution < 1.29 is 19.0 Å². The zero-order valence-corrected chi connectivity index (χ0v) is 12.6. The van der Waals surface area contributed by atoms with Crippen LogP contribution in [0.2, 0.25) is 0 Å². The van der Waals surface area contributed by atoms with Gasteiger partial charge >= 0.3 is 0 Å². The Hall–Kier alpha value is -1.75. The Bertz CT molecular complexity index is 568. The molecule has 0 aromatic heterocycles. The minimum Gasteiger partial charge on any atom is -0.486 e. The molecule has 22 heavy (non-hydrogen) atoms. The Labute approximate surface area is 130 Å². The highest BCUT2D eigenvalue weighted by molar-refractivity contribution is 5.82. The van der Waals surface area contributed by atoms with E-state index in [4.69, 9.17) is 14.2 Å². The van der Waals surface area contributed by atoms with Crippen molar-refractivity contribution in [3.8, 4) is 11.5 Å². The summed E-state index contributed by atoms with van der Waals surface area (Å²) in [6.07, 6.45) is 3.63. The third-order valence-electron chi connectivity index (χ3n) is 4.69. The van der Waals surface area contributed by atoms with Gasteiger partial charge in [-0.15, -0.1) is 0 Å². The van der Waals surface area contributed by atoms with E-state index in [1.165, 1.54) is 0 Å². The van der Waals surface area contributed by atoms with Gasteiger partial charge in [0, 0.05) is 13.2 Å². The van der Waals surface area contributed by atoms with Gasteiger partial charge in [0.1, 0.15) is 19.3 Å². The molecule has 1 amide bonds. The summed E-state index contributed by atoms with van der Waals surface area (Å²) in [4.78, 5) is 14.7. The van der Waals surface area contributed by atoms with Gasteiger partial charge in [-0.1, -0.05) is 6.07 Å². The van der Waals surface area contributed by atoms with Crippen LogP contribution < -0.4 is 9.47 Å². The van der Waals surface area contributed by atoms with Gasteiger partial charge in [0.15, 0.2) is 11.5 Å². The predicted octanol–water partition coefficient (Wildman–Crippen LogP) is 2.30. The third kappa shape index (κ3) is 2.43. The standard InChI is InChI=1S/C17H21NO4/c19-17(15-4-2-8-20-15)18-7-1-3-13(18)12-5-6-14-16(11-12)22-10-9-21-14/h5-6,11,13,15H,1-4,7-10H2. The topological polar surface area (TPSA) is 48.0 Å². The van der Waals surface area contributed by atoms with E-state index >= 15 is 0 Å². The molecular weight excluding hydrogens is 282 g/mol. The smallest absolute Gasteiger partial charge is 0.252 e. The number of fused-ring (bicyclic) bond motifs is 1. The molecule has 4 rings (SSSR count). The van der Waals surface area contributed by atoms with E-state index in [0.29, 0.717) is 19.8 Å². The first-order valence-corrected chi connectivity index (χ1v) is 8.14. The number of carbonyl (C=O) groups is 1. The fourth-order valence-corrected chi connectivity index (χ4v) is 3.60. The van der Waals surface area contributed by atoms with Crippen molar-refractivity contribution in [2.75, 3.05) is 26.4 Å². The Balaban J connectivity index is 1.56. The second kappa shape index (κ2) is 5.80. The first kappa shape index (κ1) is 13.9. The Morgan fingerprint density at radius 2 is 1.91 bits per heavy atom. The Morgan fingerprint density at radius 3 is 2.73 bits per heavy atom. The molecule has 0 N–H and O–H groups in total. The molecule has 0 aliphatic carbocycles. The van der Waals surface area contributed by atoms with Crippen LogP contribution in [0.4, 0.5) is 0 Å². The maximum Gasteiger partial charge on any atom is 0.252 e. The number of benzene rings is 1. The number of amides is 1. The molecule has 3 aliphatic rings. The Morgan fingerprint density at radius 1 is 1.05 bits per heavy atom. The van der Waals surface area contributed by atoms with Gasteiger partial charge in [0.05, 0.1) is 6.04 Å². The summed E-state index contributed by atoms with van der Waals surface area (Å²) in [5.41, 5.74) is 1.13. The maximum atomic E-state index is 12.7. The second-order valence-corrected chi connectivity index (χ2v) is 6.09.